The number of nitrogens with one attached hydrogen (secondary N) is 1. The minimum absolute atomic E-state index is 0.124. The summed E-state index contributed by atoms with van der Waals surface area (Å²) in [6, 6.07) is 0.209. The van der Waals surface area contributed by atoms with E-state index in [2.05, 4.69) is 12.2 Å². The third-order valence-electron chi connectivity index (χ3n) is 3.48. The molecule has 0 bridgehead atoms. The number of carbonyl (C=O) groups is 1. The molecular weight excluding hydrogens is 188 g/mol. The molecule has 15 heavy (non-hydrogen) atoms. The number of rotatable bonds is 4. The fourth-order valence-electron chi connectivity index (χ4n) is 2.28. The van der Waals surface area contributed by atoms with Crippen molar-refractivity contribution in [3.8, 4) is 0 Å². The van der Waals surface area contributed by atoms with Crippen molar-refractivity contribution in [2.45, 2.75) is 58.4 Å². The quantitative estimate of drug-likeness (QED) is 0.746. The smallest absolute Gasteiger partial charge is 0.226 e. The van der Waals surface area contributed by atoms with E-state index in [1.807, 2.05) is 6.92 Å². The van der Waals surface area contributed by atoms with E-state index in [1.54, 1.807) is 0 Å². The molecular formula is C12H24N2O. The molecule has 0 heterocycles. The Balaban J connectivity index is 2.44. The minimum atomic E-state index is -0.124. The fraction of sp³-hybridized carbons (Fsp3) is 0.917. The molecule has 0 spiro atoms. The Morgan fingerprint density at radius 2 is 2.00 bits per heavy atom. The molecule has 0 radical (unpaired) electrons. The second-order valence-electron chi connectivity index (χ2n) is 5.07. The first-order chi connectivity index (χ1) is 7.08. The normalized spacial score (nSPS) is 22.1. The number of hydrogen-bond acceptors (Lipinski definition) is 2. The van der Waals surface area contributed by atoms with Gasteiger partial charge in [-0.2, -0.15) is 0 Å². The standard InChI is InChI=1S/C12H24N2O/c1-10(6-9-13)14-11(15)12(2)7-4-3-5-8-12/h10H,3-9,13H2,1-2H3,(H,14,15). The summed E-state index contributed by atoms with van der Waals surface area (Å²) in [5.74, 6) is 0.225. The Kier molecular flexibility index (Phi) is 4.58. The van der Waals surface area contributed by atoms with Crippen LogP contribution in [0, 0.1) is 5.41 Å². The van der Waals surface area contributed by atoms with Crippen molar-refractivity contribution in [1.29, 1.82) is 0 Å². The molecule has 1 amide bonds. The van der Waals surface area contributed by atoms with Crippen LogP contribution >= 0.6 is 0 Å². The van der Waals surface area contributed by atoms with Crippen molar-refractivity contribution in [2.75, 3.05) is 6.54 Å². The van der Waals surface area contributed by atoms with Crippen LogP contribution in [0.3, 0.4) is 0 Å². The minimum Gasteiger partial charge on any atom is -0.353 e. The van der Waals surface area contributed by atoms with E-state index < -0.39 is 0 Å². The molecule has 1 fully saturated rings. The van der Waals surface area contributed by atoms with E-state index in [-0.39, 0.29) is 17.4 Å². The Morgan fingerprint density at radius 3 is 2.53 bits per heavy atom. The van der Waals surface area contributed by atoms with Crippen LogP contribution in [0.1, 0.15) is 52.4 Å². The third kappa shape index (κ3) is 3.49. The zero-order valence-corrected chi connectivity index (χ0v) is 10.0. The van der Waals surface area contributed by atoms with Gasteiger partial charge in [0.2, 0.25) is 5.91 Å². The predicted molar refractivity (Wildman–Crippen MR) is 62.5 cm³/mol. The monoisotopic (exact) mass is 212 g/mol. The molecule has 0 aromatic heterocycles. The van der Waals surface area contributed by atoms with Crippen LogP contribution in [0.15, 0.2) is 0 Å². The maximum atomic E-state index is 12.1. The van der Waals surface area contributed by atoms with Gasteiger partial charge in [-0.05, 0) is 32.7 Å². The first-order valence-electron chi connectivity index (χ1n) is 6.09. The number of carbonyl (C=O) groups excluding carboxylic acids is 1. The summed E-state index contributed by atoms with van der Waals surface area (Å²) in [5.41, 5.74) is 5.34. The summed E-state index contributed by atoms with van der Waals surface area (Å²) in [6.07, 6.45) is 6.59. The van der Waals surface area contributed by atoms with Crippen LogP contribution in [-0.2, 0) is 4.79 Å². The molecule has 0 saturated heterocycles. The highest BCUT2D eigenvalue weighted by Crippen LogP contribution is 2.35. The summed E-state index contributed by atoms with van der Waals surface area (Å²) in [4.78, 5) is 12.1. The zero-order valence-electron chi connectivity index (χ0n) is 10.0. The lowest BCUT2D eigenvalue weighted by atomic mass is 9.75. The van der Waals surface area contributed by atoms with Crippen molar-refractivity contribution in [3.63, 3.8) is 0 Å². The second-order valence-corrected chi connectivity index (χ2v) is 5.07. The summed E-state index contributed by atoms with van der Waals surface area (Å²) < 4.78 is 0. The number of hydrogen-bond donors (Lipinski definition) is 2. The lowest BCUT2D eigenvalue weighted by Crippen LogP contribution is -2.44. The van der Waals surface area contributed by atoms with Gasteiger partial charge in [0.05, 0.1) is 0 Å². The first kappa shape index (κ1) is 12.5. The van der Waals surface area contributed by atoms with Gasteiger partial charge in [-0.3, -0.25) is 4.79 Å². The highest BCUT2D eigenvalue weighted by atomic mass is 16.2. The van der Waals surface area contributed by atoms with Crippen molar-refractivity contribution >= 4 is 5.91 Å². The van der Waals surface area contributed by atoms with Crippen molar-refractivity contribution in [1.82, 2.24) is 5.32 Å². The van der Waals surface area contributed by atoms with Crippen molar-refractivity contribution in [3.05, 3.63) is 0 Å². The maximum Gasteiger partial charge on any atom is 0.226 e. The third-order valence-corrected chi connectivity index (χ3v) is 3.48. The van der Waals surface area contributed by atoms with Gasteiger partial charge in [0.15, 0.2) is 0 Å². The van der Waals surface area contributed by atoms with Gasteiger partial charge in [0, 0.05) is 11.5 Å². The molecule has 1 aliphatic rings. The molecule has 1 unspecified atom stereocenters. The molecule has 0 aliphatic heterocycles. The van der Waals surface area contributed by atoms with E-state index in [0.29, 0.717) is 6.54 Å². The first-order valence-corrected chi connectivity index (χ1v) is 6.09. The predicted octanol–water partition coefficient (Wildman–Crippen LogP) is 1.81. The molecule has 0 aromatic rings. The van der Waals surface area contributed by atoms with Gasteiger partial charge in [-0.25, -0.2) is 0 Å². The molecule has 1 rings (SSSR count). The molecule has 3 heteroatoms. The van der Waals surface area contributed by atoms with E-state index in [0.717, 1.165) is 19.3 Å². The topological polar surface area (TPSA) is 55.1 Å². The van der Waals surface area contributed by atoms with E-state index in [1.165, 1.54) is 19.3 Å². The molecule has 3 N–H and O–H groups in total. The van der Waals surface area contributed by atoms with E-state index >= 15 is 0 Å². The summed E-state index contributed by atoms with van der Waals surface area (Å²) >= 11 is 0. The lowest BCUT2D eigenvalue weighted by molar-refractivity contribution is -0.132. The van der Waals surface area contributed by atoms with Gasteiger partial charge >= 0.3 is 0 Å². The number of amides is 1. The molecule has 1 aliphatic carbocycles. The Bertz CT molecular complexity index is 210. The van der Waals surface area contributed by atoms with Gasteiger partial charge < -0.3 is 11.1 Å². The zero-order chi connectivity index (χ0) is 11.3. The number of nitrogens with two attached hydrogens (primary N) is 1. The lowest BCUT2D eigenvalue weighted by Gasteiger charge is -2.33. The van der Waals surface area contributed by atoms with Gasteiger partial charge in [-0.15, -0.1) is 0 Å². The Morgan fingerprint density at radius 1 is 1.40 bits per heavy atom. The Labute approximate surface area is 92.8 Å². The summed E-state index contributed by atoms with van der Waals surface area (Å²) in [7, 11) is 0. The molecule has 3 nitrogen and oxygen atoms in total. The largest absolute Gasteiger partial charge is 0.353 e. The molecule has 0 aromatic carbocycles. The Hall–Kier alpha value is -0.570. The molecule has 1 atom stereocenters. The van der Waals surface area contributed by atoms with E-state index in [4.69, 9.17) is 5.73 Å². The van der Waals surface area contributed by atoms with Crippen LogP contribution in [-0.4, -0.2) is 18.5 Å². The van der Waals surface area contributed by atoms with Crippen LogP contribution in [0.5, 0.6) is 0 Å². The van der Waals surface area contributed by atoms with Gasteiger partial charge in [-0.1, -0.05) is 26.2 Å². The van der Waals surface area contributed by atoms with Crippen molar-refractivity contribution in [2.24, 2.45) is 11.1 Å². The highest BCUT2D eigenvalue weighted by Gasteiger charge is 2.34. The van der Waals surface area contributed by atoms with Gasteiger partial charge in [0.25, 0.3) is 0 Å². The van der Waals surface area contributed by atoms with Crippen LogP contribution in [0.25, 0.3) is 0 Å². The fourth-order valence-corrected chi connectivity index (χ4v) is 2.28. The second kappa shape index (κ2) is 5.50. The average Bonchev–Trinajstić information content (AvgIpc) is 2.19. The maximum absolute atomic E-state index is 12.1. The SMILES string of the molecule is CC(CCN)NC(=O)C1(C)CCCCC1. The summed E-state index contributed by atoms with van der Waals surface area (Å²) in [6.45, 7) is 4.76. The molecule has 88 valence electrons. The highest BCUT2D eigenvalue weighted by molar-refractivity contribution is 5.82. The van der Waals surface area contributed by atoms with Crippen molar-refractivity contribution < 1.29 is 4.79 Å². The molecule has 1 saturated carbocycles. The summed E-state index contributed by atoms with van der Waals surface area (Å²) in [5, 5.41) is 3.07. The van der Waals surface area contributed by atoms with Gasteiger partial charge in [0.1, 0.15) is 0 Å². The van der Waals surface area contributed by atoms with Crippen LogP contribution < -0.4 is 11.1 Å². The average molecular weight is 212 g/mol. The van der Waals surface area contributed by atoms with E-state index in [9.17, 15) is 4.79 Å². The van der Waals surface area contributed by atoms with Crippen LogP contribution in [0.4, 0.5) is 0 Å². The van der Waals surface area contributed by atoms with Crippen LogP contribution in [0.2, 0.25) is 0 Å².